The maximum absolute atomic E-state index is 13.0. The smallest absolute Gasteiger partial charge is 0.291 e. The van der Waals surface area contributed by atoms with Gasteiger partial charge in [0, 0.05) is 31.6 Å². The Morgan fingerprint density at radius 3 is 2.58 bits per heavy atom. The third-order valence-corrected chi connectivity index (χ3v) is 5.01. The van der Waals surface area contributed by atoms with Gasteiger partial charge in [-0.15, -0.1) is 0 Å². The van der Waals surface area contributed by atoms with E-state index in [1.807, 2.05) is 30.3 Å². The van der Waals surface area contributed by atoms with Gasteiger partial charge in [-0.3, -0.25) is 9.59 Å². The van der Waals surface area contributed by atoms with Crippen LogP contribution in [-0.2, 0) is 4.79 Å². The summed E-state index contributed by atoms with van der Waals surface area (Å²) < 4.78 is 5.07. The van der Waals surface area contributed by atoms with Crippen molar-refractivity contribution in [2.45, 2.75) is 25.3 Å². The Bertz CT molecular complexity index is 795. The standard InChI is InChI=1S/C19H20N4O3/c24-18(23-16(6-9-21-23)14-4-2-1-3-5-14)15-7-10-22(11-8-15)19(25)17-12-20-13-26-17/h1-5,9,12-13,15-16H,6-8,10-11H2. The highest BCUT2D eigenvalue weighted by molar-refractivity contribution is 5.91. The van der Waals surface area contributed by atoms with Gasteiger partial charge in [0.2, 0.25) is 11.7 Å². The van der Waals surface area contributed by atoms with Crippen LogP contribution in [0.5, 0.6) is 0 Å². The van der Waals surface area contributed by atoms with Crippen molar-refractivity contribution in [1.82, 2.24) is 14.9 Å². The van der Waals surface area contributed by atoms with Crippen LogP contribution in [0.25, 0.3) is 0 Å². The summed E-state index contributed by atoms with van der Waals surface area (Å²) in [6.45, 7) is 1.06. The van der Waals surface area contributed by atoms with Gasteiger partial charge < -0.3 is 9.32 Å². The summed E-state index contributed by atoms with van der Waals surface area (Å²) in [6.07, 6.45) is 6.47. The molecule has 2 amide bonds. The molecule has 0 saturated carbocycles. The van der Waals surface area contributed by atoms with Crippen LogP contribution in [0.15, 0.2) is 52.4 Å². The Labute approximate surface area is 151 Å². The molecular weight excluding hydrogens is 332 g/mol. The quantitative estimate of drug-likeness (QED) is 0.850. The minimum atomic E-state index is -0.172. The zero-order chi connectivity index (χ0) is 17.9. The summed E-state index contributed by atoms with van der Waals surface area (Å²) in [5.74, 6) is -0.00702. The van der Waals surface area contributed by atoms with E-state index in [1.165, 1.54) is 12.6 Å². The molecule has 2 aromatic rings. The molecule has 3 heterocycles. The van der Waals surface area contributed by atoms with E-state index in [0.717, 1.165) is 12.0 Å². The summed E-state index contributed by atoms with van der Waals surface area (Å²) in [6, 6.07) is 9.94. The molecule has 4 rings (SSSR count). The highest BCUT2D eigenvalue weighted by atomic mass is 16.3. The van der Waals surface area contributed by atoms with Crippen molar-refractivity contribution in [3.63, 3.8) is 0 Å². The largest absolute Gasteiger partial charge is 0.438 e. The average molecular weight is 352 g/mol. The van der Waals surface area contributed by atoms with E-state index in [1.54, 1.807) is 16.1 Å². The van der Waals surface area contributed by atoms with Crippen molar-refractivity contribution in [2.24, 2.45) is 11.0 Å². The summed E-state index contributed by atoms with van der Waals surface area (Å²) in [4.78, 5) is 30.8. The fourth-order valence-corrected chi connectivity index (χ4v) is 3.57. The van der Waals surface area contributed by atoms with Crippen molar-refractivity contribution in [1.29, 1.82) is 0 Å². The van der Waals surface area contributed by atoms with Crippen LogP contribution in [0.3, 0.4) is 0 Å². The van der Waals surface area contributed by atoms with Crippen molar-refractivity contribution in [2.75, 3.05) is 13.1 Å². The number of hydrogen-bond donors (Lipinski definition) is 0. The molecular formula is C19H20N4O3. The maximum Gasteiger partial charge on any atom is 0.291 e. The lowest BCUT2D eigenvalue weighted by atomic mass is 9.94. The van der Waals surface area contributed by atoms with Crippen LogP contribution < -0.4 is 0 Å². The Kier molecular flexibility index (Phi) is 4.51. The summed E-state index contributed by atoms with van der Waals surface area (Å²) in [5.41, 5.74) is 1.09. The van der Waals surface area contributed by atoms with Gasteiger partial charge in [-0.1, -0.05) is 30.3 Å². The van der Waals surface area contributed by atoms with Crippen LogP contribution >= 0.6 is 0 Å². The molecule has 0 N–H and O–H groups in total. The van der Waals surface area contributed by atoms with E-state index in [2.05, 4.69) is 10.1 Å². The van der Waals surface area contributed by atoms with Gasteiger partial charge in [0.25, 0.3) is 5.91 Å². The zero-order valence-corrected chi connectivity index (χ0v) is 14.3. The molecule has 2 aliphatic rings. The molecule has 1 atom stereocenters. The molecule has 0 aliphatic carbocycles. The van der Waals surface area contributed by atoms with E-state index in [0.29, 0.717) is 25.9 Å². The number of benzene rings is 1. The minimum Gasteiger partial charge on any atom is -0.438 e. The number of oxazole rings is 1. The second-order valence-electron chi connectivity index (χ2n) is 6.58. The Hall–Kier alpha value is -2.96. The highest BCUT2D eigenvalue weighted by Gasteiger charge is 2.35. The molecule has 7 heteroatoms. The number of nitrogens with zero attached hydrogens (tertiary/aromatic N) is 4. The fourth-order valence-electron chi connectivity index (χ4n) is 3.57. The average Bonchev–Trinajstić information content (AvgIpc) is 3.39. The van der Waals surface area contributed by atoms with E-state index < -0.39 is 0 Å². The predicted octanol–water partition coefficient (Wildman–Crippen LogP) is 2.49. The molecule has 134 valence electrons. The number of carbonyl (C=O) groups excluding carboxylic acids is 2. The van der Waals surface area contributed by atoms with Crippen LogP contribution in [0.4, 0.5) is 0 Å². The van der Waals surface area contributed by atoms with E-state index in [9.17, 15) is 9.59 Å². The summed E-state index contributed by atoms with van der Waals surface area (Å²) in [7, 11) is 0. The molecule has 7 nitrogen and oxygen atoms in total. The van der Waals surface area contributed by atoms with Gasteiger partial charge in [-0.2, -0.15) is 5.10 Å². The Morgan fingerprint density at radius 2 is 1.88 bits per heavy atom. The number of aromatic nitrogens is 1. The molecule has 2 aliphatic heterocycles. The molecule has 1 aromatic carbocycles. The molecule has 1 saturated heterocycles. The fraction of sp³-hybridized carbons (Fsp3) is 0.368. The van der Waals surface area contributed by atoms with Gasteiger partial charge in [0.15, 0.2) is 6.39 Å². The normalized spacial score (nSPS) is 20.5. The predicted molar refractivity (Wildman–Crippen MR) is 94.3 cm³/mol. The van der Waals surface area contributed by atoms with Crippen molar-refractivity contribution >= 4 is 18.0 Å². The second-order valence-corrected chi connectivity index (χ2v) is 6.58. The number of likely N-dealkylation sites (tertiary alicyclic amines) is 1. The first-order chi connectivity index (χ1) is 12.7. The lowest BCUT2D eigenvalue weighted by molar-refractivity contribution is -0.138. The summed E-state index contributed by atoms with van der Waals surface area (Å²) >= 11 is 0. The Morgan fingerprint density at radius 1 is 1.12 bits per heavy atom. The maximum atomic E-state index is 13.0. The van der Waals surface area contributed by atoms with Gasteiger partial charge in [-0.25, -0.2) is 9.99 Å². The molecule has 0 spiro atoms. The van der Waals surface area contributed by atoms with Gasteiger partial charge in [0.1, 0.15) is 0 Å². The number of amides is 2. The number of hydrazone groups is 1. The number of piperidine rings is 1. The molecule has 1 aromatic heterocycles. The lowest BCUT2D eigenvalue weighted by Crippen LogP contribution is -2.43. The van der Waals surface area contributed by atoms with Gasteiger partial charge in [0.05, 0.1) is 12.2 Å². The number of carbonyl (C=O) groups is 2. The van der Waals surface area contributed by atoms with Crippen LogP contribution in [-0.4, -0.2) is 46.0 Å². The third kappa shape index (κ3) is 3.12. The minimum absolute atomic E-state index is 0.0300. The first-order valence-electron chi connectivity index (χ1n) is 8.82. The van der Waals surface area contributed by atoms with Crippen LogP contribution in [0, 0.1) is 5.92 Å². The molecule has 0 bridgehead atoms. The molecule has 1 fully saturated rings. The van der Waals surface area contributed by atoms with Crippen LogP contribution in [0.1, 0.15) is 41.4 Å². The first kappa shape index (κ1) is 16.5. The molecule has 1 unspecified atom stereocenters. The highest BCUT2D eigenvalue weighted by Crippen LogP contribution is 2.31. The monoisotopic (exact) mass is 352 g/mol. The van der Waals surface area contributed by atoms with E-state index in [4.69, 9.17) is 4.42 Å². The third-order valence-electron chi connectivity index (χ3n) is 5.01. The lowest BCUT2D eigenvalue weighted by Gasteiger charge is -2.33. The van der Waals surface area contributed by atoms with Gasteiger partial charge in [-0.05, 0) is 18.4 Å². The second kappa shape index (κ2) is 7.11. The SMILES string of the molecule is O=C(c1cnco1)N1CCC(C(=O)N2N=CCC2c2ccccc2)CC1. The van der Waals surface area contributed by atoms with Crippen molar-refractivity contribution < 1.29 is 14.0 Å². The number of rotatable bonds is 3. The van der Waals surface area contributed by atoms with Gasteiger partial charge >= 0.3 is 0 Å². The first-order valence-corrected chi connectivity index (χ1v) is 8.82. The summed E-state index contributed by atoms with van der Waals surface area (Å²) in [5, 5.41) is 5.94. The van der Waals surface area contributed by atoms with Crippen molar-refractivity contribution in [3.05, 3.63) is 54.2 Å². The topological polar surface area (TPSA) is 79.0 Å². The molecule has 0 radical (unpaired) electrons. The van der Waals surface area contributed by atoms with E-state index >= 15 is 0 Å². The van der Waals surface area contributed by atoms with E-state index in [-0.39, 0.29) is 29.5 Å². The number of hydrogen-bond acceptors (Lipinski definition) is 5. The van der Waals surface area contributed by atoms with Crippen molar-refractivity contribution in [3.8, 4) is 0 Å². The zero-order valence-electron chi connectivity index (χ0n) is 14.3. The van der Waals surface area contributed by atoms with Crippen LogP contribution in [0.2, 0.25) is 0 Å². The Balaban J connectivity index is 1.39. The molecule has 26 heavy (non-hydrogen) atoms.